The molecule has 49 heavy (non-hydrogen) atoms. The summed E-state index contributed by atoms with van der Waals surface area (Å²) in [4.78, 5) is 18.3. The van der Waals surface area contributed by atoms with Gasteiger partial charge in [0.15, 0.2) is 0 Å². The number of piperazine rings is 1. The highest BCUT2D eigenvalue weighted by molar-refractivity contribution is 5.68. The van der Waals surface area contributed by atoms with Crippen LogP contribution >= 0.6 is 0 Å². The molecule has 2 aliphatic rings. The van der Waals surface area contributed by atoms with Gasteiger partial charge in [-0.25, -0.2) is 9.48 Å². The molecule has 0 unspecified atom stereocenters. The molecule has 2 heterocycles. The van der Waals surface area contributed by atoms with Gasteiger partial charge in [0.05, 0.1) is 23.9 Å². The van der Waals surface area contributed by atoms with Crippen molar-refractivity contribution in [3.8, 4) is 0 Å². The number of benzene rings is 3. The van der Waals surface area contributed by atoms with Gasteiger partial charge in [-0.1, -0.05) is 84.9 Å². The molecule has 3 aromatic carbocycles. The first-order valence-electron chi connectivity index (χ1n) is 18.1. The van der Waals surface area contributed by atoms with Gasteiger partial charge < -0.3 is 20.1 Å². The summed E-state index contributed by atoms with van der Waals surface area (Å²) in [5.74, 6) is 0. The maximum Gasteiger partial charge on any atom is 0.407 e. The summed E-state index contributed by atoms with van der Waals surface area (Å²) in [5.41, 5.74) is 7.61. The fraction of sp³-hybridized carbons (Fsp3) is 0.475. The number of nitrogens with zero attached hydrogens (tertiary/aromatic N) is 5. The predicted molar refractivity (Wildman–Crippen MR) is 194 cm³/mol. The van der Waals surface area contributed by atoms with Crippen molar-refractivity contribution in [3.63, 3.8) is 0 Å². The van der Waals surface area contributed by atoms with Gasteiger partial charge in [0, 0.05) is 38.4 Å². The van der Waals surface area contributed by atoms with Crippen molar-refractivity contribution in [1.82, 2.24) is 25.2 Å². The Balaban J connectivity index is 1.29. The number of alkyl carbamates (subject to hydrolysis) is 1. The van der Waals surface area contributed by atoms with Gasteiger partial charge in [-0.15, -0.1) is 5.10 Å². The number of carbonyl (C=O) groups excluding carboxylic acids is 1. The van der Waals surface area contributed by atoms with Crippen molar-refractivity contribution in [3.05, 3.63) is 113 Å². The summed E-state index contributed by atoms with van der Waals surface area (Å²) < 4.78 is 7.83. The first-order chi connectivity index (χ1) is 23.9. The lowest BCUT2D eigenvalue weighted by Crippen LogP contribution is -2.46. The molecule has 1 aromatic heterocycles. The molecule has 9 heteroatoms. The Morgan fingerprint density at radius 2 is 1.57 bits per heavy atom. The van der Waals surface area contributed by atoms with Gasteiger partial charge in [0.1, 0.15) is 11.8 Å². The smallest absolute Gasteiger partial charge is 0.407 e. The lowest BCUT2D eigenvalue weighted by Gasteiger charge is -2.37. The molecular weight excluding hydrogens is 612 g/mol. The molecular formula is C40H52N6O3. The van der Waals surface area contributed by atoms with Crippen LogP contribution in [-0.4, -0.2) is 69.4 Å². The van der Waals surface area contributed by atoms with Gasteiger partial charge >= 0.3 is 6.09 Å². The van der Waals surface area contributed by atoms with E-state index < -0.39 is 12.2 Å². The molecule has 1 aliphatic carbocycles. The number of rotatable bonds is 13. The van der Waals surface area contributed by atoms with Crippen LogP contribution in [-0.2, 0) is 24.1 Å². The molecule has 1 amide bonds. The maximum absolute atomic E-state index is 13.5. The normalized spacial score (nSPS) is 17.5. The fourth-order valence-corrected chi connectivity index (χ4v) is 7.40. The molecule has 1 saturated heterocycles. The van der Waals surface area contributed by atoms with E-state index in [1.807, 2.05) is 48.0 Å². The molecule has 1 saturated carbocycles. The number of hydrogen-bond donors (Lipinski definition) is 2. The van der Waals surface area contributed by atoms with Crippen LogP contribution in [0.25, 0.3) is 0 Å². The summed E-state index contributed by atoms with van der Waals surface area (Å²) in [6.07, 6.45) is 4.50. The molecule has 2 N–H and O–H groups in total. The Morgan fingerprint density at radius 1 is 0.918 bits per heavy atom. The molecule has 260 valence electrons. The number of carbonyl (C=O) groups is 1. The Hall–Kier alpha value is -4.21. The third-order valence-electron chi connectivity index (χ3n) is 10.2. The highest BCUT2D eigenvalue weighted by atomic mass is 16.6. The average molecular weight is 665 g/mol. The number of aliphatic hydroxyl groups excluding tert-OH is 1. The van der Waals surface area contributed by atoms with Crippen LogP contribution in [0.3, 0.4) is 0 Å². The van der Waals surface area contributed by atoms with E-state index in [1.165, 1.54) is 16.8 Å². The van der Waals surface area contributed by atoms with Crippen LogP contribution in [0.4, 0.5) is 10.5 Å². The average Bonchev–Trinajstić information content (AvgIpc) is 3.79. The lowest BCUT2D eigenvalue weighted by molar-refractivity contribution is 0.0938. The first kappa shape index (κ1) is 34.6. The minimum Gasteiger partial charge on any atom is -0.446 e. The summed E-state index contributed by atoms with van der Waals surface area (Å²) in [6.45, 7) is 10.5. The van der Waals surface area contributed by atoms with E-state index in [2.05, 4.69) is 71.4 Å². The number of nitrogens with one attached hydrogen (secondary N) is 1. The van der Waals surface area contributed by atoms with E-state index in [0.29, 0.717) is 25.8 Å². The molecule has 0 spiro atoms. The Labute approximate surface area is 291 Å². The second-order valence-electron chi connectivity index (χ2n) is 13.9. The highest BCUT2D eigenvalue weighted by Gasteiger charge is 2.33. The molecule has 0 bridgehead atoms. The number of anilines is 1. The van der Waals surface area contributed by atoms with Crippen LogP contribution in [0.5, 0.6) is 0 Å². The maximum atomic E-state index is 13.5. The van der Waals surface area contributed by atoms with Crippen molar-refractivity contribution in [2.75, 3.05) is 31.1 Å². The number of aromatic nitrogens is 3. The minimum atomic E-state index is -0.748. The summed E-state index contributed by atoms with van der Waals surface area (Å²) in [6, 6.07) is 26.5. The molecule has 1 aliphatic heterocycles. The van der Waals surface area contributed by atoms with Crippen molar-refractivity contribution < 1.29 is 14.6 Å². The molecule has 3 atom stereocenters. The van der Waals surface area contributed by atoms with Crippen LogP contribution < -0.4 is 10.2 Å². The van der Waals surface area contributed by atoms with E-state index >= 15 is 0 Å². The summed E-state index contributed by atoms with van der Waals surface area (Å²) in [7, 11) is 0. The zero-order chi connectivity index (χ0) is 34.2. The topological polar surface area (TPSA) is 95.8 Å². The van der Waals surface area contributed by atoms with Crippen LogP contribution in [0, 0.1) is 13.8 Å². The highest BCUT2D eigenvalue weighted by Crippen LogP contribution is 2.30. The van der Waals surface area contributed by atoms with E-state index in [0.717, 1.165) is 74.4 Å². The van der Waals surface area contributed by atoms with Gasteiger partial charge in [0.2, 0.25) is 0 Å². The number of aliphatic hydroxyl groups is 1. The molecule has 9 nitrogen and oxygen atoms in total. The Kier molecular flexibility index (Phi) is 11.6. The number of amides is 1. The zero-order valence-corrected chi connectivity index (χ0v) is 29.3. The summed E-state index contributed by atoms with van der Waals surface area (Å²) >= 11 is 0. The molecule has 6 rings (SSSR count). The fourth-order valence-electron chi connectivity index (χ4n) is 7.40. The molecule has 2 fully saturated rings. The van der Waals surface area contributed by atoms with E-state index in [-0.39, 0.29) is 18.2 Å². The number of hydrogen-bond acceptors (Lipinski definition) is 7. The third kappa shape index (κ3) is 8.88. The Bertz CT molecular complexity index is 1630. The second-order valence-corrected chi connectivity index (χ2v) is 13.9. The van der Waals surface area contributed by atoms with E-state index in [1.54, 1.807) is 0 Å². The van der Waals surface area contributed by atoms with Crippen molar-refractivity contribution in [2.45, 2.75) is 96.6 Å². The van der Waals surface area contributed by atoms with E-state index in [4.69, 9.17) is 15.0 Å². The second kappa shape index (κ2) is 16.5. The number of ether oxygens (including phenoxy) is 1. The predicted octanol–water partition coefficient (Wildman–Crippen LogP) is 6.72. The van der Waals surface area contributed by atoms with Crippen molar-refractivity contribution in [2.24, 2.45) is 0 Å². The lowest BCUT2D eigenvalue weighted by atomic mass is 9.93. The quantitative estimate of drug-likeness (QED) is 0.164. The Morgan fingerprint density at radius 3 is 2.22 bits per heavy atom. The van der Waals surface area contributed by atoms with E-state index in [9.17, 15) is 9.90 Å². The van der Waals surface area contributed by atoms with Gasteiger partial charge in [-0.3, -0.25) is 4.90 Å². The van der Waals surface area contributed by atoms with Crippen LogP contribution in [0.2, 0.25) is 0 Å². The monoisotopic (exact) mass is 664 g/mol. The van der Waals surface area contributed by atoms with Crippen molar-refractivity contribution in [1.29, 1.82) is 0 Å². The van der Waals surface area contributed by atoms with Gasteiger partial charge in [-0.05, 0) is 87.1 Å². The molecule has 4 aromatic rings. The standard InChI is InChI=1S/C40H52N6O3/c1-4-38(47)39-35(28-44-21-23-45(24-22-44)36-25-29(2)19-20-30(36)3)42-43-46(39)37(27-32-15-9-6-10-16-32)34(26-31-13-7-5-8-14-31)41-40(48)49-33-17-11-12-18-33/h5-10,13-16,19-20,25,33-34,37-38,47H,4,11-12,17-18,21-24,26-28H2,1-3H3,(H,41,48)/t34-,37-,38+/m0/s1. The van der Waals surface area contributed by atoms with Gasteiger partial charge in [-0.2, -0.15) is 0 Å². The van der Waals surface area contributed by atoms with Gasteiger partial charge in [0.25, 0.3) is 0 Å². The zero-order valence-electron chi connectivity index (χ0n) is 29.3. The first-order valence-corrected chi connectivity index (χ1v) is 18.1. The minimum absolute atomic E-state index is 0.0457. The van der Waals surface area contributed by atoms with Crippen LogP contribution in [0.15, 0.2) is 78.9 Å². The van der Waals surface area contributed by atoms with Crippen molar-refractivity contribution >= 4 is 11.8 Å². The molecule has 0 radical (unpaired) electrons. The summed E-state index contributed by atoms with van der Waals surface area (Å²) in [5, 5.41) is 24.4. The SMILES string of the molecule is CC[C@@H](O)c1c(CN2CCN(c3cc(C)ccc3C)CC2)nnn1[C@@H](Cc1ccccc1)[C@H](Cc1ccccc1)NC(=O)OC1CCCC1. The third-order valence-corrected chi connectivity index (χ3v) is 10.2. The number of aryl methyl sites for hydroxylation is 2. The van der Waals surface area contributed by atoms with Crippen LogP contribution in [0.1, 0.15) is 84.8 Å². The largest absolute Gasteiger partial charge is 0.446 e.